The Morgan fingerprint density at radius 1 is 0.950 bits per heavy atom. The number of benzene rings is 2. The summed E-state index contributed by atoms with van der Waals surface area (Å²) in [7, 11) is -3.98. The van der Waals surface area contributed by atoms with Gasteiger partial charge in [0.05, 0.1) is 10.6 Å². The summed E-state index contributed by atoms with van der Waals surface area (Å²) < 4.78 is 63.5. The third kappa shape index (κ3) is 3.11. The number of halogens is 3. The van der Waals surface area contributed by atoms with Gasteiger partial charge in [0, 0.05) is 17.3 Å². The Morgan fingerprint density at radius 3 is 2.25 bits per heavy atom. The van der Waals surface area contributed by atoms with Crippen molar-refractivity contribution < 1.29 is 21.6 Å². The molecule has 0 aliphatic carbocycles. The lowest BCUT2D eigenvalue weighted by molar-refractivity contribution is 0.568. The minimum absolute atomic E-state index is 0.0526. The predicted octanol–water partition coefficient (Wildman–Crippen LogP) is 2.66. The molecule has 0 saturated heterocycles. The number of anilines is 1. The molecule has 0 unspecified atom stereocenters. The van der Waals surface area contributed by atoms with Gasteiger partial charge in [-0.2, -0.15) is 0 Å². The Kier molecular flexibility index (Phi) is 3.71. The van der Waals surface area contributed by atoms with Crippen LogP contribution in [0.15, 0.2) is 41.3 Å². The van der Waals surface area contributed by atoms with Gasteiger partial charge in [-0.3, -0.25) is 0 Å². The molecule has 2 aromatic rings. The molecule has 20 heavy (non-hydrogen) atoms. The fourth-order valence-corrected chi connectivity index (χ4v) is 3.11. The zero-order valence-electron chi connectivity index (χ0n) is 10.1. The average molecular weight is 301 g/mol. The topological polar surface area (TPSA) is 60.2 Å². The van der Waals surface area contributed by atoms with Crippen molar-refractivity contribution in [3.8, 4) is 0 Å². The fraction of sp³-hybridized carbons (Fsp3) is 0.0769. The molecule has 0 amide bonds. The van der Waals surface area contributed by atoms with Crippen LogP contribution in [0.25, 0.3) is 0 Å². The summed E-state index contributed by atoms with van der Waals surface area (Å²) in [6, 6.07) is 5.42. The molecule has 7 heteroatoms. The molecule has 0 atom stereocenters. The number of hydrogen-bond donors (Lipinski definition) is 1. The molecule has 0 aliphatic heterocycles. The van der Waals surface area contributed by atoms with Crippen molar-refractivity contribution in [3.05, 3.63) is 59.4 Å². The van der Waals surface area contributed by atoms with Crippen LogP contribution in [0, 0.1) is 17.5 Å². The van der Waals surface area contributed by atoms with Crippen LogP contribution >= 0.6 is 0 Å². The van der Waals surface area contributed by atoms with Crippen LogP contribution in [0.1, 0.15) is 5.56 Å². The van der Waals surface area contributed by atoms with Gasteiger partial charge in [0.2, 0.25) is 0 Å². The van der Waals surface area contributed by atoms with Crippen LogP contribution in [-0.2, 0) is 15.6 Å². The maximum absolute atomic E-state index is 13.5. The number of nitrogens with two attached hydrogens (primary N) is 1. The summed E-state index contributed by atoms with van der Waals surface area (Å²) >= 11 is 0. The second-order valence-electron chi connectivity index (χ2n) is 4.22. The van der Waals surface area contributed by atoms with E-state index in [-0.39, 0.29) is 16.1 Å². The Labute approximate surface area is 113 Å². The quantitative estimate of drug-likeness (QED) is 0.887. The summed E-state index contributed by atoms with van der Waals surface area (Å²) in [4.78, 5) is -0.348. The van der Waals surface area contributed by atoms with Crippen molar-refractivity contribution in [1.29, 1.82) is 0 Å². The average Bonchev–Trinajstić information content (AvgIpc) is 2.31. The van der Waals surface area contributed by atoms with E-state index in [1.807, 2.05) is 0 Å². The maximum Gasteiger partial charge on any atom is 0.182 e. The van der Waals surface area contributed by atoms with Gasteiger partial charge in [0.25, 0.3) is 0 Å². The normalized spacial score (nSPS) is 11.6. The molecular weight excluding hydrogens is 291 g/mol. The molecule has 0 bridgehead atoms. The highest BCUT2D eigenvalue weighted by atomic mass is 32.2. The minimum Gasteiger partial charge on any atom is -0.399 e. The van der Waals surface area contributed by atoms with Crippen LogP contribution in [0.5, 0.6) is 0 Å². The highest BCUT2D eigenvalue weighted by Gasteiger charge is 2.19. The van der Waals surface area contributed by atoms with Crippen LogP contribution in [0.3, 0.4) is 0 Å². The number of sulfone groups is 1. The molecule has 0 aliphatic rings. The summed E-state index contributed by atoms with van der Waals surface area (Å²) in [5.74, 6) is -3.29. The van der Waals surface area contributed by atoms with Crippen LogP contribution < -0.4 is 5.73 Å². The van der Waals surface area contributed by atoms with E-state index in [0.717, 1.165) is 30.3 Å². The van der Waals surface area contributed by atoms with Gasteiger partial charge in [-0.25, -0.2) is 21.6 Å². The van der Waals surface area contributed by atoms with Gasteiger partial charge in [-0.1, -0.05) is 6.07 Å². The van der Waals surface area contributed by atoms with Gasteiger partial charge < -0.3 is 5.73 Å². The standard InChI is InChI=1S/C13H10F3NO2S/c14-9-2-1-8(13(16)5-9)7-20(18,19)12-4-10(15)3-11(17)6-12/h1-6H,7,17H2. The van der Waals surface area contributed by atoms with E-state index in [2.05, 4.69) is 0 Å². The number of hydrogen-bond acceptors (Lipinski definition) is 3. The molecule has 0 fully saturated rings. The summed E-state index contributed by atoms with van der Waals surface area (Å²) in [6.45, 7) is 0. The zero-order chi connectivity index (χ0) is 14.9. The van der Waals surface area contributed by atoms with Crippen LogP contribution in [0.2, 0.25) is 0 Å². The second kappa shape index (κ2) is 5.16. The molecule has 106 valence electrons. The monoisotopic (exact) mass is 301 g/mol. The van der Waals surface area contributed by atoms with Crippen molar-refractivity contribution in [3.63, 3.8) is 0 Å². The Balaban J connectivity index is 2.40. The van der Waals surface area contributed by atoms with Gasteiger partial charge in [-0.05, 0) is 24.3 Å². The minimum atomic E-state index is -3.98. The van der Waals surface area contributed by atoms with E-state index in [1.54, 1.807) is 0 Å². The predicted molar refractivity (Wildman–Crippen MR) is 68.1 cm³/mol. The van der Waals surface area contributed by atoms with Gasteiger partial charge >= 0.3 is 0 Å². The lowest BCUT2D eigenvalue weighted by Gasteiger charge is -2.07. The fourth-order valence-electron chi connectivity index (χ4n) is 1.69. The zero-order valence-corrected chi connectivity index (χ0v) is 10.9. The van der Waals surface area contributed by atoms with E-state index in [9.17, 15) is 21.6 Å². The van der Waals surface area contributed by atoms with Crippen molar-refractivity contribution in [2.24, 2.45) is 0 Å². The molecule has 2 aromatic carbocycles. The first-order chi connectivity index (χ1) is 9.28. The van der Waals surface area contributed by atoms with Crippen molar-refractivity contribution >= 4 is 15.5 Å². The summed E-state index contributed by atoms with van der Waals surface area (Å²) in [5.41, 5.74) is 5.12. The van der Waals surface area contributed by atoms with Crippen LogP contribution in [0.4, 0.5) is 18.9 Å². The van der Waals surface area contributed by atoms with Crippen LogP contribution in [-0.4, -0.2) is 8.42 Å². The smallest absolute Gasteiger partial charge is 0.182 e. The van der Waals surface area contributed by atoms with Gasteiger partial charge in [-0.15, -0.1) is 0 Å². The second-order valence-corrected chi connectivity index (χ2v) is 6.20. The van der Waals surface area contributed by atoms with Gasteiger partial charge in [0.1, 0.15) is 17.5 Å². The molecule has 2 N–H and O–H groups in total. The Bertz CT molecular complexity index is 740. The first-order valence-electron chi connectivity index (χ1n) is 5.51. The number of rotatable bonds is 3. The number of nitrogen functional groups attached to an aromatic ring is 1. The van der Waals surface area contributed by atoms with Crippen molar-refractivity contribution in [2.45, 2.75) is 10.6 Å². The Morgan fingerprint density at radius 2 is 1.65 bits per heavy atom. The van der Waals surface area contributed by atoms with Crippen molar-refractivity contribution in [2.75, 3.05) is 5.73 Å². The largest absolute Gasteiger partial charge is 0.399 e. The molecule has 0 spiro atoms. The first-order valence-corrected chi connectivity index (χ1v) is 7.16. The highest BCUT2D eigenvalue weighted by Crippen LogP contribution is 2.22. The molecule has 2 rings (SSSR count). The molecular formula is C13H10F3NO2S. The molecule has 3 nitrogen and oxygen atoms in total. The highest BCUT2D eigenvalue weighted by molar-refractivity contribution is 7.90. The van der Waals surface area contributed by atoms with E-state index in [4.69, 9.17) is 5.73 Å². The van der Waals surface area contributed by atoms with Gasteiger partial charge in [0.15, 0.2) is 9.84 Å². The lowest BCUT2D eigenvalue weighted by atomic mass is 10.2. The third-order valence-corrected chi connectivity index (χ3v) is 4.26. The molecule has 0 saturated carbocycles. The van der Waals surface area contributed by atoms with E-state index in [1.165, 1.54) is 0 Å². The SMILES string of the molecule is Nc1cc(F)cc(S(=O)(=O)Cc2ccc(F)cc2F)c1. The van der Waals surface area contributed by atoms with E-state index in [0.29, 0.717) is 6.07 Å². The Hall–Kier alpha value is -2.02. The third-order valence-electron chi connectivity index (χ3n) is 2.61. The molecule has 0 heterocycles. The maximum atomic E-state index is 13.5. The summed E-state index contributed by atoms with van der Waals surface area (Å²) in [6.07, 6.45) is 0. The molecule has 0 radical (unpaired) electrons. The van der Waals surface area contributed by atoms with E-state index < -0.39 is 33.0 Å². The lowest BCUT2D eigenvalue weighted by Crippen LogP contribution is -2.08. The van der Waals surface area contributed by atoms with Crippen molar-refractivity contribution in [1.82, 2.24) is 0 Å². The molecule has 0 aromatic heterocycles. The van der Waals surface area contributed by atoms with E-state index >= 15 is 0 Å². The first kappa shape index (κ1) is 14.4. The summed E-state index contributed by atoms with van der Waals surface area (Å²) in [5, 5.41) is 0.